The van der Waals surface area contributed by atoms with Crippen molar-refractivity contribution in [3.05, 3.63) is 41.7 Å². The van der Waals surface area contributed by atoms with Gasteiger partial charge in [0, 0.05) is 43.0 Å². The fourth-order valence-corrected chi connectivity index (χ4v) is 3.76. The summed E-state index contributed by atoms with van der Waals surface area (Å²) in [6.07, 6.45) is -4.14. The molecule has 4 rings (SSSR count). The number of nitriles is 1. The third-order valence-electron chi connectivity index (χ3n) is 5.41. The van der Waals surface area contributed by atoms with E-state index in [1.165, 1.54) is 4.90 Å². The van der Waals surface area contributed by atoms with Crippen molar-refractivity contribution in [3.8, 4) is 17.2 Å². The second-order valence-electron chi connectivity index (χ2n) is 7.73. The van der Waals surface area contributed by atoms with Crippen molar-refractivity contribution >= 4 is 28.7 Å². The number of urea groups is 1. The lowest BCUT2D eigenvalue weighted by Crippen LogP contribution is -2.35. The van der Waals surface area contributed by atoms with Crippen LogP contribution in [0.3, 0.4) is 0 Å². The number of fused-ring (bicyclic) bond motifs is 1. The number of alkyl halides is 3. The normalized spacial score (nSPS) is 15.9. The number of aromatic nitrogens is 3. The first-order chi connectivity index (χ1) is 16.2. The van der Waals surface area contributed by atoms with Gasteiger partial charge in [0.2, 0.25) is 5.95 Å². The van der Waals surface area contributed by atoms with Crippen LogP contribution in [0.1, 0.15) is 17.7 Å². The van der Waals surface area contributed by atoms with Crippen molar-refractivity contribution in [3.63, 3.8) is 0 Å². The van der Waals surface area contributed by atoms with E-state index in [0.29, 0.717) is 33.8 Å². The molecule has 34 heavy (non-hydrogen) atoms. The molecule has 12 heteroatoms. The molecule has 1 fully saturated rings. The zero-order chi connectivity index (χ0) is 24.5. The van der Waals surface area contributed by atoms with Crippen LogP contribution in [0.2, 0.25) is 0 Å². The van der Waals surface area contributed by atoms with Crippen LogP contribution in [-0.4, -0.2) is 58.5 Å². The maximum atomic E-state index is 12.6. The van der Waals surface area contributed by atoms with Gasteiger partial charge in [0.15, 0.2) is 11.3 Å². The predicted molar refractivity (Wildman–Crippen MR) is 118 cm³/mol. The number of carbonyl (C=O) groups is 1. The van der Waals surface area contributed by atoms with Crippen LogP contribution in [0.25, 0.3) is 22.2 Å². The van der Waals surface area contributed by atoms with Crippen molar-refractivity contribution in [2.45, 2.75) is 25.8 Å². The third kappa shape index (κ3) is 4.99. The highest BCUT2D eigenvalue weighted by atomic mass is 19.4. The highest BCUT2D eigenvalue weighted by Crippen LogP contribution is 2.31. The maximum Gasteiger partial charge on any atom is 0.522 e. The molecule has 9 nitrogen and oxygen atoms in total. The topological polar surface area (TPSA) is 116 Å². The van der Waals surface area contributed by atoms with E-state index < -0.39 is 18.5 Å². The Labute approximate surface area is 192 Å². The lowest BCUT2D eigenvalue weighted by molar-refractivity contribution is -0.340. The molecule has 2 aromatic heterocycles. The Kier molecular flexibility index (Phi) is 6.21. The molecule has 1 saturated heterocycles. The van der Waals surface area contributed by atoms with E-state index in [4.69, 9.17) is 0 Å². The molecule has 3 aromatic rings. The highest BCUT2D eigenvalue weighted by molar-refractivity contribution is 5.92. The Morgan fingerprint density at radius 2 is 2.06 bits per heavy atom. The third-order valence-corrected chi connectivity index (χ3v) is 5.41. The Bertz CT molecular complexity index is 1290. The SMILES string of the molecule is CNc1ncc2cc(-c3cc(NC(=O)N4CCC(OC(F)(F)F)C4)ccc3C)c(C#N)nc2n1. The molecular formula is C22H20F3N7O2. The van der Waals surface area contributed by atoms with Gasteiger partial charge in [-0.25, -0.2) is 14.8 Å². The van der Waals surface area contributed by atoms with E-state index >= 15 is 0 Å². The number of likely N-dealkylation sites (tertiary alicyclic amines) is 1. The Balaban J connectivity index is 1.59. The van der Waals surface area contributed by atoms with E-state index in [1.54, 1.807) is 37.5 Å². The van der Waals surface area contributed by atoms with Crippen LogP contribution in [-0.2, 0) is 4.74 Å². The monoisotopic (exact) mass is 471 g/mol. The molecule has 1 aromatic carbocycles. The summed E-state index contributed by atoms with van der Waals surface area (Å²) >= 11 is 0. The molecule has 0 bridgehead atoms. The van der Waals surface area contributed by atoms with Crippen LogP contribution in [0, 0.1) is 18.3 Å². The number of pyridine rings is 1. The quantitative estimate of drug-likeness (QED) is 0.590. The molecule has 2 N–H and O–H groups in total. The van der Waals surface area contributed by atoms with Crippen molar-refractivity contribution in [2.24, 2.45) is 0 Å². The summed E-state index contributed by atoms with van der Waals surface area (Å²) in [6, 6.07) is 8.46. The Hall–Kier alpha value is -3.98. The summed E-state index contributed by atoms with van der Waals surface area (Å²) in [7, 11) is 1.68. The van der Waals surface area contributed by atoms with Gasteiger partial charge < -0.3 is 15.5 Å². The number of ether oxygens (including phenoxy) is 1. The number of halogens is 3. The van der Waals surface area contributed by atoms with E-state index in [1.807, 2.05) is 6.92 Å². The Morgan fingerprint density at radius 3 is 2.76 bits per heavy atom. The van der Waals surface area contributed by atoms with Crippen molar-refractivity contribution in [2.75, 3.05) is 30.8 Å². The summed E-state index contributed by atoms with van der Waals surface area (Å²) in [6.45, 7) is 1.84. The Morgan fingerprint density at radius 1 is 1.26 bits per heavy atom. The van der Waals surface area contributed by atoms with E-state index in [-0.39, 0.29) is 25.2 Å². The number of aryl methyl sites for hydroxylation is 1. The maximum absolute atomic E-state index is 12.6. The lowest BCUT2D eigenvalue weighted by atomic mass is 9.98. The van der Waals surface area contributed by atoms with Crippen LogP contribution in [0.15, 0.2) is 30.5 Å². The number of nitrogens with one attached hydrogen (secondary N) is 2. The van der Waals surface area contributed by atoms with Gasteiger partial charge in [0.05, 0.1) is 6.10 Å². The van der Waals surface area contributed by atoms with Crippen molar-refractivity contribution < 1.29 is 22.7 Å². The number of benzene rings is 1. The fraction of sp³-hybridized carbons (Fsp3) is 0.318. The van der Waals surface area contributed by atoms with Gasteiger partial charge in [-0.1, -0.05) is 6.07 Å². The number of carbonyl (C=O) groups excluding carboxylic acids is 1. The van der Waals surface area contributed by atoms with Crippen LogP contribution in [0.4, 0.5) is 29.6 Å². The fourth-order valence-electron chi connectivity index (χ4n) is 3.76. The van der Waals surface area contributed by atoms with Gasteiger partial charge in [-0.05, 0) is 42.7 Å². The van der Waals surface area contributed by atoms with E-state index in [0.717, 1.165) is 5.56 Å². The van der Waals surface area contributed by atoms with Gasteiger partial charge in [-0.15, -0.1) is 13.2 Å². The molecule has 1 atom stereocenters. The highest BCUT2D eigenvalue weighted by Gasteiger charge is 2.37. The summed E-state index contributed by atoms with van der Waals surface area (Å²) in [5.74, 6) is 0.377. The summed E-state index contributed by atoms with van der Waals surface area (Å²) in [5, 5.41) is 15.8. The van der Waals surface area contributed by atoms with Gasteiger partial charge >= 0.3 is 12.4 Å². The predicted octanol–water partition coefficient (Wildman–Crippen LogP) is 4.06. The smallest absolute Gasteiger partial charge is 0.357 e. The minimum Gasteiger partial charge on any atom is -0.357 e. The summed E-state index contributed by atoms with van der Waals surface area (Å²) in [4.78, 5) is 26.7. The standard InChI is InChI=1S/C22H20F3N7O2/c1-12-3-4-14(29-21(33)32-6-5-15(11-32)34-22(23,24)25)8-16(12)17-7-13-10-28-20(27-2)31-19(13)30-18(17)9-26/h3-4,7-8,10,15H,5-6,11H2,1-2H3,(H,29,33)(H,27,28,30,31). The van der Waals surface area contributed by atoms with Crippen molar-refractivity contribution in [1.82, 2.24) is 19.9 Å². The van der Waals surface area contributed by atoms with Crippen LogP contribution < -0.4 is 10.6 Å². The number of nitrogens with zero attached hydrogens (tertiary/aromatic N) is 5. The molecule has 1 aliphatic heterocycles. The molecule has 3 heterocycles. The first-order valence-electron chi connectivity index (χ1n) is 10.3. The number of hydrogen-bond acceptors (Lipinski definition) is 7. The molecule has 0 spiro atoms. The van der Waals surface area contributed by atoms with Gasteiger partial charge in [0.1, 0.15) is 6.07 Å². The molecule has 2 amide bonds. The number of amides is 2. The second-order valence-corrected chi connectivity index (χ2v) is 7.73. The molecule has 1 unspecified atom stereocenters. The summed E-state index contributed by atoms with van der Waals surface area (Å²) in [5.41, 5.74) is 3.00. The zero-order valence-electron chi connectivity index (χ0n) is 18.3. The minimum atomic E-state index is -4.74. The van der Waals surface area contributed by atoms with Crippen molar-refractivity contribution in [1.29, 1.82) is 5.26 Å². The molecule has 0 aliphatic carbocycles. The number of rotatable bonds is 4. The largest absolute Gasteiger partial charge is 0.522 e. The zero-order valence-corrected chi connectivity index (χ0v) is 18.3. The van der Waals surface area contributed by atoms with Crippen LogP contribution in [0.5, 0.6) is 0 Å². The number of anilines is 2. The van der Waals surface area contributed by atoms with Gasteiger partial charge in [-0.2, -0.15) is 10.2 Å². The molecule has 1 aliphatic rings. The molecular weight excluding hydrogens is 451 g/mol. The average Bonchev–Trinajstić information content (AvgIpc) is 3.26. The molecule has 176 valence electrons. The van der Waals surface area contributed by atoms with Gasteiger partial charge in [-0.3, -0.25) is 4.74 Å². The van der Waals surface area contributed by atoms with E-state index in [2.05, 4.69) is 36.4 Å². The minimum absolute atomic E-state index is 0.0949. The summed E-state index contributed by atoms with van der Waals surface area (Å²) < 4.78 is 41.4. The lowest BCUT2D eigenvalue weighted by Gasteiger charge is -2.19. The van der Waals surface area contributed by atoms with Gasteiger partial charge in [0.25, 0.3) is 0 Å². The second kappa shape index (κ2) is 9.11. The van der Waals surface area contributed by atoms with E-state index in [9.17, 15) is 23.2 Å². The number of hydrogen-bond donors (Lipinski definition) is 2. The molecule has 0 saturated carbocycles. The first-order valence-corrected chi connectivity index (χ1v) is 10.3. The molecule has 0 radical (unpaired) electrons. The first kappa shape index (κ1) is 23.2. The average molecular weight is 471 g/mol. The van der Waals surface area contributed by atoms with Crippen LogP contribution >= 0.6 is 0 Å².